The molecule has 134 valence electrons. The Morgan fingerprint density at radius 2 is 2.12 bits per heavy atom. The zero-order valence-electron chi connectivity index (χ0n) is 13.6. The second-order valence-corrected chi connectivity index (χ2v) is 6.34. The maximum Gasteiger partial charge on any atom is 0.305 e. The predicted molar refractivity (Wildman–Crippen MR) is 96.9 cm³/mol. The number of carbonyl (C=O) groups excluding carboxylic acids is 1. The molecule has 2 rings (SSSR count). The molecule has 1 aromatic carbocycles. The number of amides is 1. The van der Waals surface area contributed by atoms with E-state index in [9.17, 15) is 9.59 Å². The van der Waals surface area contributed by atoms with Crippen LogP contribution in [0.3, 0.4) is 0 Å². The van der Waals surface area contributed by atoms with Crippen LogP contribution in [0, 0.1) is 0 Å². The Hall–Kier alpha value is -2.16. The van der Waals surface area contributed by atoms with Crippen molar-refractivity contribution in [1.82, 2.24) is 9.88 Å². The van der Waals surface area contributed by atoms with Crippen LogP contribution in [-0.4, -0.2) is 53.7 Å². The first kappa shape index (κ1) is 19.2. The third-order valence-corrected chi connectivity index (χ3v) is 4.37. The molecule has 0 bridgehead atoms. The van der Waals surface area contributed by atoms with Gasteiger partial charge in [0.05, 0.1) is 23.7 Å². The molecule has 0 fully saturated rings. The van der Waals surface area contributed by atoms with Crippen LogP contribution in [0.4, 0.5) is 10.8 Å². The highest BCUT2D eigenvalue weighted by Crippen LogP contribution is 2.27. The Morgan fingerprint density at radius 3 is 2.80 bits per heavy atom. The highest BCUT2D eigenvalue weighted by molar-refractivity contribution is 7.14. The summed E-state index contributed by atoms with van der Waals surface area (Å²) in [7, 11) is 1.52. The summed E-state index contributed by atoms with van der Waals surface area (Å²) in [6.07, 6.45) is -0.135. The molecule has 0 aliphatic carbocycles. The van der Waals surface area contributed by atoms with Gasteiger partial charge in [-0.25, -0.2) is 4.98 Å². The van der Waals surface area contributed by atoms with Gasteiger partial charge in [-0.1, -0.05) is 23.7 Å². The largest absolute Gasteiger partial charge is 0.481 e. The number of benzene rings is 1. The fraction of sp³-hybridized carbons (Fsp3) is 0.312. The minimum atomic E-state index is -0.963. The van der Waals surface area contributed by atoms with Crippen molar-refractivity contribution in [2.75, 3.05) is 32.1 Å². The molecule has 0 aliphatic rings. The van der Waals surface area contributed by atoms with E-state index in [0.29, 0.717) is 29.0 Å². The van der Waals surface area contributed by atoms with Crippen molar-refractivity contribution >= 4 is 45.6 Å². The number of halogens is 1. The molecule has 7 nitrogen and oxygen atoms in total. The fourth-order valence-electron chi connectivity index (χ4n) is 2.02. The SMILES string of the molecule is COCCN(CCC(=O)O)C(=O)c1csc(Nc2ccccc2Cl)n1. The predicted octanol–water partition coefficient (Wildman–Crippen LogP) is 3.10. The van der Waals surface area contributed by atoms with Crippen molar-refractivity contribution in [3.63, 3.8) is 0 Å². The smallest absolute Gasteiger partial charge is 0.305 e. The van der Waals surface area contributed by atoms with Gasteiger partial charge in [0.15, 0.2) is 5.13 Å². The highest BCUT2D eigenvalue weighted by Gasteiger charge is 2.19. The number of hydrogen-bond acceptors (Lipinski definition) is 6. The van der Waals surface area contributed by atoms with Gasteiger partial charge in [-0.3, -0.25) is 9.59 Å². The molecule has 0 saturated carbocycles. The highest BCUT2D eigenvalue weighted by atomic mass is 35.5. The molecule has 0 saturated heterocycles. The van der Waals surface area contributed by atoms with Gasteiger partial charge in [0.25, 0.3) is 5.91 Å². The third-order valence-electron chi connectivity index (χ3n) is 3.29. The van der Waals surface area contributed by atoms with Gasteiger partial charge in [0.2, 0.25) is 0 Å². The first-order valence-corrected chi connectivity index (χ1v) is 8.74. The number of carboxylic acid groups (broad SMARTS) is 1. The Kier molecular flexibility index (Phi) is 7.17. The number of thiazole rings is 1. The molecule has 25 heavy (non-hydrogen) atoms. The molecule has 0 unspecified atom stereocenters. The number of aromatic nitrogens is 1. The Bertz CT molecular complexity index is 738. The maximum absolute atomic E-state index is 12.6. The number of nitrogens with one attached hydrogen (secondary N) is 1. The number of methoxy groups -OCH3 is 1. The van der Waals surface area contributed by atoms with Crippen LogP contribution in [0.25, 0.3) is 0 Å². The summed E-state index contributed by atoms with van der Waals surface area (Å²) in [5, 5.41) is 14.6. The lowest BCUT2D eigenvalue weighted by Gasteiger charge is -2.20. The second-order valence-electron chi connectivity index (χ2n) is 5.07. The van der Waals surface area contributed by atoms with Crippen molar-refractivity contribution in [1.29, 1.82) is 0 Å². The molecule has 1 amide bonds. The Labute approximate surface area is 154 Å². The van der Waals surface area contributed by atoms with Gasteiger partial charge in [-0.2, -0.15) is 0 Å². The minimum absolute atomic E-state index is 0.0995. The number of carbonyl (C=O) groups is 2. The van der Waals surface area contributed by atoms with Crippen LogP contribution in [0.15, 0.2) is 29.6 Å². The van der Waals surface area contributed by atoms with Gasteiger partial charge in [-0.15, -0.1) is 11.3 Å². The van der Waals surface area contributed by atoms with E-state index in [1.165, 1.54) is 23.3 Å². The van der Waals surface area contributed by atoms with Crippen LogP contribution in [0.2, 0.25) is 5.02 Å². The number of rotatable bonds is 9. The summed E-state index contributed by atoms with van der Waals surface area (Å²) in [5.74, 6) is -1.30. The Balaban J connectivity index is 2.08. The van der Waals surface area contributed by atoms with E-state index in [-0.39, 0.29) is 24.6 Å². The van der Waals surface area contributed by atoms with Gasteiger partial charge in [0, 0.05) is 25.6 Å². The molecule has 0 aliphatic heterocycles. The van der Waals surface area contributed by atoms with Gasteiger partial charge >= 0.3 is 5.97 Å². The normalized spacial score (nSPS) is 10.5. The maximum atomic E-state index is 12.6. The van der Waals surface area contributed by atoms with E-state index in [1.54, 1.807) is 11.4 Å². The van der Waals surface area contributed by atoms with Crippen LogP contribution in [-0.2, 0) is 9.53 Å². The standard InChI is InChI=1S/C16H18ClN3O4S/c1-24-9-8-20(7-6-14(21)22)15(23)13-10-25-16(19-13)18-12-5-3-2-4-11(12)17/h2-5,10H,6-9H2,1H3,(H,18,19)(H,21,22). The third kappa shape index (κ3) is 5.70. The quantitative estimate of drug-likeness (QED) is 0.691. The van der Waals surface area contributed by atoms with Crippen molar-refractivity contribution in [2.45, 2.75) is 6.42 Å². The lowest BCUT2D eigenvalue weighted by atomic mass is 10.3. The van der Waals surface area contributed by atoms with E-state index in [1.807, 2.05) is 18.2 Å². The number of ether oxygens (including phenoxy) is 1. The summed E-state index contributed by atoms with van der Waals surface area (Å²) in [6, 6.07) is 7.22. The van der Waals surface area contributed by atoms with Crippen LogP contribution < -0.4 is 5.32 Å². The first-order chi connectivity index (χ1) is 12.0. The molecule has 0 spiro atoms. The van der Waals surface area contributed by atoms with E-state index >= 15 is 0 Å². The lowest BCUT2D eigenvalue weighted by molar-refractivity contribution is -0.137. The van der Waals surface area contributed by atoms with Gasteiger partial charge < -0.3 is 20.1 Å². The van der Waals surface area contributed by atoms with Crippen molar-refractivity contribution in [3.05, 3.63) is 40.4 Å². The summed E-state index contributed by atoms with van der Waals surface area (Å²) in [4.78, 5) is 29.0. The molecule has 1 aromatic heterocycles. The van der Waals surface area contributed by atoms with E-state index < -0.39 is 5.97 Å². The topological polar surface area (TPSA) is 91.8 Å². The number of anilines is 2. The number of aliphatic carboxylic acids is 1. The van der Waals surface area contributed by atoms with Crippen LogP contribution >= 0.6 is 22.9 Å². The molecular weight excluding hydrogens is 366 g/mol. The van der Waals surface area contributed by atoms with Crippen LogP contribution in [0.1, 0.15) is 16.9 Å². The van der Waals surface area contributed by atoms with Crippen LogP contribution in [0.5, 0.6) is 0 Å². The van der Waals surface area contributed by atoms with E-state index in [2.05, 4.69) is 10.3 Å². The molecular formula is C16H18ClN3O4S. The molecule has 2 aromatic rings. The molecule has 2 N–H and O–H groups in total. The van der Waals surface area contributed by atoms with E-state index in [4.69, 9.17) is 21.4 Å². The van der Waals surface area contributed by atoms with Crippen molar-refractivity contribution in [2.24, 2.45) is 0 Å². The monoisotopic (exact) mass is 383 g/mol. The summed E-state index contributed by atoms with van der Waals surface area (Å²) in [6.45, 7) is 0.718. The molecule has 0 atom stereocenters. The zero-order chi connectivity index (χ0) is 18.2. The number of para-hydroxylation sites is 1. The van der Waals surface area contributed by atoms with Gasteiger partial charge in [0.1, 0.15) is 5.69 Å². The summed E-state index contributed by atoms with van der Waals surface area (Å²) in [5.41, 5.74) is 0.945. The average molecular weight is 384 g/mol. The van der Waals surface area contributed by atoms with E-state index in [0.717, 1.165) is 0 Å². The molecule has 1 heterocycles. The second kappa shape index (κ2) is 9.36. The zero-order valence-corrected chi connectivity index (χ0v) is 15.1. The number of hydrogen-bond donors (Lipinski definition) is 2. The van der Waals surface area contributed by atoms with Gasteiger partial charge in [-0.05, 0) is 12.1 Å². The Morgan fingerprint density at radius 1 is 1.36 bits per heavy atom. The lowest BCUT2D eigenvalue weighted by Crippen LogP contribution is -2.35. The summed E-state index contributed by atoms with van der Waals surface area (Å²) < 4.78 is 4.98. The van der Waals surface area contributed by atoms with Crippen molar-refractivity contribution in [3.8, 4) is 0 Å². The summed E-state index contributed by atoms with van der Waals surface area (Å²) >= 11 is 7.36. The first-order valence-electron chi connectivity index (χ1n) is 7.48. The molecule has 0 radical (unpaired) electrons. The minimum Gasteiger partial charge on any atom is -0.481 e. The average Bonchev–Trinajstić information content (AvgIpc) is 3.05. The van der Waals surface area contributed by atoms with Crippen molar-refractivity contribution < 1.29 is 19.4 Å². The molecule has 9 heteroatoms. The number of carboxylic acids is 1. The number of nitrogens with zero attached hydrogens (tertiary/aromatic N) is 2. The fourth-order valence-corrected chi connectivity index (χ4v) is 2.90.